The summed E-state index contributed by atoms with van der Waals surface area (Å²) in [4.78, 5) is 24.5. The summed E-state index contributed by atoms with van der Waals surface area (Å²) in [6.07, 6.45) is -7.13. The molecule has 2 aromatic carbocycles. The van der Waals surface area contributed by atoms with Crippen LogP contribution in [0.2, 0.25) is 0 Å². The predicted octanol–water partition coefficient (Wildman–Crippen LogP) is 5.80. The first kappa shape index (κ1) is 23.4. The van der Waals surface area contributed by atoms with E-state index >= 15 is 0 Å². The van der Waals surface area contributed by atoms with Gasteiger partial charge in [0, 0.05) is 0 Å². The third kappa shape index (κ3) is 6.61. The van der Waals surface area contributed by atoms with E-state index in [1.807, 2.05) is 0 Å². The molecule has 0 saturated carbocycles. The van der Waals surface area contributed by atoms with Gasteiger partial charge < -0.3 is 9.47 Å². The zero-order valence-electron chi connectivity index (χ0n) is 17.1. The van der Waals surface area contributed by atoms with Gasteiger partial charge in [0.2, 0.25) is 0 Å². The van der Waals surface area contributed by atoms with Gasteiger partial charge >= 0.3 is 18.1 Å². The minimum Gasteiger partial charge on any atom is -0.458 e. The van der Waals surface area contributed by atoms with Crippen LogP contribution in [0.5, 0.6) is 0 Å². The minimum absolute atomic E-state index is 0.665. The van der Waals surface area contributed by atoms with E-state index in [0.29, 0.717) is 11.1 Å². The van der Waals surface area contributed by atoms with E-state index in [0.717, 1.165) is 6.92 Å². The molecule has 0 aromatic heterocycles. The summed E-state index contributed by atoms with van der Waals surface area (Å²) >= 11 is 0. The molecular formula is C23H25F3O4. The number of rotatable bonds is 8. The zero-order valence-corrected chi connectivity index (χ0v) is 17.1. The van der Waals surface area contributed by atoms with Crippen LogP contribution in [-0.2, 0) is 19.1 Å². The zero-order chi connectivity index (χ0) is 22.3. The lowest BCUT2D eigenvalue weighted by atomic mass is 9.90. The van der Waals surface area contributed by atoms with Crippen molar-refractivity contribution in [1.82, 2.24) is 0 Å². The SMILES string of the molecule is C[C@H](OC(=O)C[C@@H]([C@@H](C)C(=O)O[C@@H](C)c1ccccc1)C(F)(F)F)c1ccccc1. The Morgan fingerprint density at radius 2 is 1.23 bits per heavy atom. The van der Waals surface area contributed by atoms with E-state index in [1.54, 1.807) is 74.5 Å². The molecule has 0 unspecified atom stereocenters. The van der Waals surface area contributed by atoms with Gasteiger partial charge in [-0.25, -0.2) is 0 Å². The quantitative estimate of drug-likeness (QED) is 0.505. The molecule has 0 heterocycles. The van der Waals surface area contributed by atoms with Crippen molar-refractivity contribution in [3.8, 4) is 0 Å². The Bertz CT molecular complexity index is 821. The highest BCUT2D eigenvalue weighted by molar-refractivity contribution is 5.75. The molecule has 30 heavy (non-hydrogen) atoms. The molecule has 0 radical (unpaired) electrons. The van der Waals surface area contributed by atoms with Crippen LogP contribution in [0.4, 0.5) is 13.2 Å². The molecule has 162 valence electrons. The molecule has 0 fully saturated rings. The standard InChI is InChI=1S/C23H25F3O4/c1-15(22(28)30-17(3)19-12-8-5-9-13-19)20(23(24,25)26)14-21(27)29-16(2)18-10-6-4-7-11-18/h4-13,15-17,20H,14H2,1-3H3/t15-,16+,17+,20+/m1/s1. The summed E-state index contributed by atoms with van der Waals surface area (Å²) in [6, 6.07) is 17.4. The first-order valence-electron chi connectivity index (χ1n) is 9.66. The highest BCUT2D eigenvalue weighted by Crippen LogP contribution is 2.36. The second-order valence-corrected chi connectivity index (χ2v) is 7.17. The van der Waals surface area contributed by atoms with Crippen LogP contribution in [0.1, 0.15) is 50.5 Å². The number of alkyl halides is 3. The molecule has 0 spiro atoms. The van der Waals surface area contributed by atoms with E-state index in [9.17, 15) is 22.8 Å². The van der Waals surface area contributed by atoms with Gasteiger partial charge in [-0.05, 0) is 25.0 Å². The normalized spacial score (nSPS) is 15.5. The number of benzene rings is 2. The maximum Gasteiger partial charge on any atom is 0.393 e. The van der Waals surface area contributed by atoms with Gasteiger partial charge in [-0.1, -0.05) is 67.6 Å². The molecule has 0 bridgehead atoms. The number of hydrogen-bond donors (Lipinski definition) is 0. The van der Waals surface area contributed by atoms with Crippen LogP contribution in [0.25, 0.3) is 0 Å². The van der Waals surface area contributed by atoms with Crippen LogP contribution in [-0.4, -0.2) is 18.1 Å². The van der Waals surface area contributed by atoms with Crippen LogP contribution in [0, 0.1) is 11.8 Å². The molecule has 7 heteroatoms. The second kappa shape index (κ2) is 10.3. The first-order chi connectivity index (χ1) is 14.1. The molecule has 2 aromatic rings. The van der Waals surface area contributed by atoms with Crippen molar-refractivity contribution in [2.45, 2.75) is 45.6 Å². The van der Waals surface area contributed by atoms with Crippen molar-refractivity contribution in [1.29, 1.82) is 0 Å². The number of hydrogen-bond acceptors (Lipinski definition) is 4. The molecule has 0 N–H and O–H groups in total. The van der Waals surface area contributed by atoms with E-state index < -0.39 is 48.6 Å². The fourth-order valence-corrected chi connectivity index (χ4v) is 3.03. The highest BCUT2D eigenvalue weighted by Gasteiger charge is 2.47. The summed E-state index contributed by atoms with van der Waals surface area (Å²) in [5.41, 5.74) is 1.33. The minimum atomic E-state index is -4.76. The van der Waals surface area contributed by atoms with Gasteiger partial charge in [0.1, 0.15) is 12.2 Å². The van der Waals surface area contributed by atoms with E-state index in [4.69, 9.17) is 9.47 Å². The molecule has 0 saturated heterocycles. The predicted molar refractivity (Wildman–Crippen MR) is 105 cm³/mol. The van der Waals surface area contributed by atoms with E-state index in [2.05, 4.69) is 0 Å². The molecule has 0 aliphatic heterocycles. The molecular weight excluding hydrogens is 397 g/mol. The van der Waals surface area contributed by atoms with Crippen molar-refractivity contribution < 1.29 is 32.2 Å². The number of carbonyl (C=O) groups is 2. The average Bonchev–Trinajstić information content (AvgIpc) is 2.71. The Morgan fingerprint density at radius 3 is 1.67 bits per heavy atom. The molecule has 2 rings (SSSR count). The lowest BCUT2D eigenvalue weighted by Gasteiger charge is -2.26. The van der Waals surface area contributed by atoms with Crippen molar-refractivity contribution in [3.05, 3.63) is 71.8 Å². The van der Waals surface area contributed by atoms with Crippen LogP contribution in [0.15, 0.2) is 60.7 Å². The monoisotopic (exact) mass is 422 g/mol. The Labute approximate surface area is 174 Å². The molecule has 0 aliphatic rings. The summed E-state index contributed by atoms with van der Waals surface area (Å²) in [7, 11) is 0. The van der Waals surface area contributed by atoms with E-state index in [1.165, 1.54) is 0 Å². The van der Waals surface area contributed by atoms with Crippen LogP contribution < -0.4 is 0 Å². The van der Waals surface area contributed by atoms with Crippen LogP contribution >= 0.6 is 0 Å². The maximum atomic E-state index is 13.6. The Hall–Kier alpha value is -2.83. The smallest absolute Gasteiger partial charge is 0.393 e. The lowest BCUT2D eigenvalue weighted by molar-refractivity contribution is -0.204. The average molecular weight is 422 g/mol. The molecule has 4 atom stereocenters. The summed E-state index contributed by atoms with van der Waals surface area (Å²) in [5, 5.41) is 0. The van der Waals surface area contributed by atoms with Crippen molar-refractivity contribution in [2.75, 3.05) is 0 Å². The van der Waals surface area contributed by atoms with Gasteiger partial charge in [-0.15, -0.1) is 0 Å². The Morgan fingerprint density at radius 1 is 0.800 bits per heavy atom. The summed E-state index contributed by atoms with van der Waals surface area (Å²) < 4.78 is 51.2. The second-order valence-electron chi connectivity index (χ2n) is 7.17. The first-order valence-corrected chi connectivity index (χ1v) is 9.66. The third-order valence-electron chi connectivity index (χ3n) is 4.92. The fraction of sp³-hybridized carbons (Fsp3) is 0.391. The molecule has 0 amide bonds. The Balaban J connectivity index is 2.03. The number of halogens is 3. The van der Waals surface area contributed by atoms with E-state index in [-0.39, 0.29) is 0 Å². The number of carbonyl (C=O) groups excluding carboxylic acids is 2. The van der Waals surface area contributed by atoms with Gasteiger partial charge in [0.05, 0.1) is 18.3 Å². The topological polar surface area (TPSA) is 52.6 Å². The highest BCUT2D eigenvalue weighted by atomic mass is 19.4. The Kier molecular flexibility index (Phi) is 8.03. The summed E-state index contributed by atoms with van der Waals surface area (Å²) in [6.45, 7) is 4.28. The van der Waals surface area contributed by atoms with Gasteiger partial charge in [0.25, 0.3) is 0 Å². The van der Waals surface area contributed by atoms with Crippen molar-refractivity contribution in [3.63, 3.8) is 0 Å². The third-order valence-corrected chi connectivity index (χ3v) is 4.92. The van der Waals surface area contributed by atoms with Gasteiger partial charge in [-0.3, -0.25) is 9.59 Å². The number of ether oxygens (including phenoxy) is 2. The lowest BCUT2D eigenvalue weighted by Crippen LogP contribution is -2.36. The fourth-order valence-electron chi connectivity index (χ4n) is 3.03. The van der Waals surface area contributed by atoms with Crippen molar-refractivity contribution in [2.24, 2.45) is 11.8 Å². The largest absolute Gasteiger partial charge is 0.458 e. The van der Waals surface area contributed by atoms with Gasteiger partial charge in [0.15, 0.2) is 0 Å². The molecule has 0 aliphatic carbocycles. The maximum absolute atomic E-state index is 13.6. The molecule has 4 nitrogen and oxygen atoms in total. The summed E-state index contributed by atoms with van der Waals surface area (Å²) in [5.74, 6) is -5.80. The van der Waals surface area contributed by atoms with Crippen molar-refractivity contribution >= 4 is 11.9 Å². The number of esters is 2. The van der Waals surface area contributed by atoms with Gasteiger partial charge in [-0.2, -0.15) is 13.2 Å². The van der Waals surface area contributed by atoms with Crippen LogP contribution in [0.3, 0.4) is 0 Å².